The average Bonchev–Trinajstić information content (AvgIpc) is 2.77. The summed E-state index contributed by atoms with van der Waals surface area (Å²) in [6, 6.07) is 2.68. The number of hydrogen-bond donors (Lipinski definition) is 6. The van der Waals surface area contributed by atoms with E-state index in [0.717, 1.165) is 0 Å². The summed E-state index contributed by atoms with van der Waals surface area (Å²) in [5.74, 6) is -0.593. The van der Waals surface area contributed by atoms with Crippen LogP contribution in [-0.4, -0.2) is 61.3 Å². The highest BCUT2D eigenvalue weighted by Crippen LogP contribution is 2.17. The number of phenols is 1. The van der Waals surface area contributed by atoms with Crippen LogP contribution in [0.4, 0.5) is 0 Å². The number of aromatic nitrogens is 2. The molecule has 0 saturated carbocycles. The van der Waals surface area contributed by atoms with E-state index in [4.69, 9.17) is 0 Å². The first kappa shape index (κ1) is 22.2. The molecule has 0 aliphatic heterocycles. The molecular formula is C21H26N6O4. The van der Waals surface area contributed by atoms with Crippen molar-refractivity contribution in [2.75, 3.05) is 40.3 Å². The summed E-state index contributed by atoms with van der Waals surface area (Å²) in [5, 5.41) is 22.6. The molecule has 31 heavy (non-hydrogen) atoms. The molecule has 2 aromatic carbocycles. The molecule has 0 radical (unpaired) electrons. The topological polar surface area (TPSA) is 148 Å². The molecule has 0 bridgehead atoms. The molecule has 3 aromatic rings. The minimum Gasteiger partial charge on any atom is -0.507 e. The van der Waals surface area contributed by atoms with Gasteiger partial charge in [-0.1, -0.05) is 0 Å². The summed E-state index contributed by atoms with van der Waals surface area (Å²) in [6.07, 6.45) is 1.56. The molecule has 1 heterocycles. The van der Waals surface area contributed by atoms with Crippen molar-refractivity contribution in [3.8, 4) is 5.75 Å². The fourth-order valence-electron chi connectivity index (χ4n) is 3.22. The molecule has 164 valence electrons. The van der Waals surface area contributed by atoms with Crippen molar-refractivity contribution in [1.82, 2.24) is 31.2 Å². The summed E-state index contributed by atoms with van der Waals surface area (Å²) in [6.45, 7) is 3.75. The molecule has 0 fully saturated rings. The number of phenolic OH excluding ortho intramolecular Hbond substituents is 1. The summed E-state index contributed by atoms with van der Waals surface area (Å²) in [5.41, 5.74) is -0.0392. The van der Waals surface area contributed by atoms with Crippen LogP contribution in [0.2, 0.25) is 0 Å². The molecule has 0 aliphatic rings. The van der Waals surface area contributed by atoms with Crippen LogP contribution in [0.1, 0.15) is 15.9 Å². The Morgan fingerprint density at radius 1 is 1.06 bits per heavy atom. The first-order valence-electron chi connectivity index (χ1n) is 9.94. The highest BCUT2D eigenvalue weighted by molar-refractivity contribution is 6.06. The number of nitrogens with one attached hydrogen (secondary N) is 5. The fraction of sp³-hybridized carbons (Fsp3) is 0.333. The standard InChI is InChI=1S/C21H26N6O4/c1-11-19(29)13(10-24-8-6-22-2)16-18(20(11)30)27-15-12(21(31)25-9-7-23-3)4-5-14(28)17(15)26-16/h4-5,10,22-24,27,29H,6-9H2,1-3H3,(H,25,31). The Labute approximate surface area is 177 Å². The first-order chi connectivity index (χ1) is 14.9. The van der Waals surface area contributed by atoms with Gasteiger partial charge in [-0.3, -0.25) is 14.4 Å². The number of aromatic hydroxyl groups is 1. The molecule has 10 heteroatoms. The van der Waals surface area contributed by atoms with Gasteiger partial charge >= 0.3 is 0 Å². The zero-order valence-corrected chi connectivity index (χ0v) is 17.7. The Bertz CT molecular complexity index is 1300. The average molecular weight is 426 g/mol. The van der Waals surface area contributed by atoms with Gasteiger partial charge in [0.1, 0.15) is 22.3 Å². The van der Waals surface area contributed by atoms with Gasteiger partial charge in [-0.05, 0) is 33.2 Å². The number of amides is 1. The van der Waals surface area contributed by atoms with E-state index < -0.39 is 10.9 Å². The highest BCUT2D eigenvalue weighted by Gasteiger charge is 2.18. The molecule has 10 nitrogen and oxygen atoms in total. The van der Waals surface area contributed by atoms with Crippen LogP contribution in [-0.2, 0) is 0 Å². The Kier molecular flexibility index (Phi) is 6.83. The van der Waals surface area contributed by atoms with E-state index in [1.54, 1.807) is 13.2 Å². The van der Waals surface area contributed by atoms with Crippen molar-refractivity contribution in [2.45, 2.75) is 6.92 Å². The van der Waals surface area contributed by atoms with Gasteiger partial charge in [0.2, 0.25) is 10.9 Å². The monoisotopic (exact) mass is 426 g/mol. The lowest BCUT2D eigenvalue weighted by atomic mass is 10.1. The van der Waals surface area contributed by atoms with E-state index in [9.17, 15) is 19.5 Å². The molecule has 0 aliphatic carbocycles. The predicted octanol–water partition coefficient (Wildman–Crippen LogP) is -1.33. The fourth-order valence-corrected chi connectivity index (χ4v) is 3.22. The highest BCUT2D eigenvalue weighted by atomic mass is 16.3. The third-order valence-electron chi connectivity index (χ3n) is 4.96. The molecule has 0 saturated heterocycles. The number of carbonyl (C=O) groups excluding carboxylic acids is 1. The number of nitrogens with zero attached hydrogens (tertiary/aromatic N) is 1. The van der Waals surface area contributed by atoms with Gasteiger partial charge in [0.25, 0.3) is 5.91 Å². The Hall–Kier alpha value is -3.50. The zero-order chi connectivity index (χ0) is 22.5. The van der Waals surface area contributed by atoms with Crippen molar-refractivity contribution >= 4 is 34.2 Å². The van der Waals surface area contributed by atoms with Gasteiger partial charge in [-0.2, -0.15) is 0 Å². The Balaban J connectivity index is 2.28. The second-order valence-corrected chi connectivity index (χ2v) is 7.07. The van der Waals surface area contributed by atoms with Gasteiger partial charge in [0.15, 0.2) is 0 Å². The number of benzene rings is 2. The number of fused-ring (bicyclic) bond motifs is 2. The maximum Gasteiger partial charge on any atom is 0.253 e. The van der Waals surface area contributed by atoms with Crippen molar-refractivity contribution in [2.24, 2.45) is 0 Å². The van der Waals surface area contributed by atoms with Gasteiger partial charge in [-0.25, -0.2) is 4.98 Å². The molecule has 1 amide bonds. The largest absolute Gasteiger partial charge is 0.507 e. The molecule has 0 unspecified atom stereocenters. The quantitative estimate of drug-likeness (QED) is 0.192. The van der Waals surface area contributed by atoms with Crippen LogP contribution in [0, 0.1) is 6.92 Å². The zero-order valence-electron chi connectivity index (χ0n) is 17.7. The maximum atomic E-state index is 12.8. The number of carbonyl (C=O) groups is 1. The number of likely N-dealkylation sites (N-methyl/N-ethyl adjacent to an activating group) is 2. The SMILES string of the molecule is CNCCNC=c1c(O)c(C)c(=O)c2[nH]c3c(C(=O)NCCNC)ccc(=O)c3nc12. The number of aromatic amines is 1. The molecule has 0 spiro atoms. The minimum absolute atomic E-state index is 0.0151. The van der Waals surface area contributed by atoms with Crippen LogP contribution >= 0.6 is 0 Å². The van der Waals surface area contributed by atoms with Crippen LogP contribution in [0.3, 0.4) is 0 Å². The smallest absolute Gasteiger partial charge is 0.253 e. The van der Waals surface area contributed by atoms with Crippen molar-refractivity contribution in [3.63, 3.8) is 0 Å². The van der Waals surface area contributed by atoms with E-state index in [-0.39, 0.29) is 44.9 Å². The van der Waals surface area contributed by atoms with Crippen molar-refractivity contribution in [3.05, 3.63) is 48.9 Å². The van der Waals surface area contributed by atoms with Gasteiger partial charge in [0, 0.05) is 37.9 Å². The Morgan fingerprint density at radius 2 is 1.77 bits per heavy atom. The Morgan fingerprint density at radius 3 is 2.48 bits per heavy atom. The predicted molar refractivity (Wildman–Crippen MR) is 120 cm³/mol. The maximum absolute atomic E-state index is 12.8. The summed E-state index contributed by atoms with van der Waals surface area (Å²) < 4.78 is 0. The molecule has 1 aromatic heterocycles. The summed E-state index contributed by atoms with van der Waals surface area (Å²) in [7, 11) is 3.59. The summed E-state index contributed by atoms with van der Waals surface area (Å²) in [4.78, 5) is 45.3. The number of hydrogen-bond acceptors (Lipinski definition) is 8. The lowest BCUT2D eigenvalue weighted by Crippen LogP contribution is -2.31. The number of H-pyrrole nitrogens is 1. The normalized spacial score (nSPS) is 11.9. The van der Waals surface area contributed by atoms with Crippen molar-refractivity contribution < 1.29 is 9.90 Å². The van der Waals surface area contributed by atoms with Gasteiger partial charge < -0.3 is 31.4 Å². The van der Waals surface area contributed by atoms with Crippen LogP contribution in [0.15, 0.2) is 21.7 Å². The second-order valence-electron chi connectivity index (χ2n) is 7.07. The van der Waals surface area contributed by atoms with Gasteiger partial charge in [0.05, 0.1) is 16.3 Å². The van der Waals surface area contributed by atoms with Crippen LogP contribution < -0.4 is 37.3 Å². The van der Waals surface area contributed by atoms with Gasteiger partial charge in [-0.15, -0.1) is 0 Å². The van der Waals surface area contributed by atoms with E-state index >= 15 is 0 Å². The van der Waals surface area contributed by atoms with E-state index in [0.29, 0.717) is 31.4 Å². The minimum atomic E-state index is -0.452. The van der Waals surface area contributed by atoms with E-state index in [2.05, 4.69) is 31.2 Å². The van der Waals surface area contributed by atoms with E-state index in [1.807, 2.05) is 7.05 Å². The molecule has 0 atom stereocenters. The van der Waals surface area contributed by atoms with Crippen molar-refractivity contribution in [1.29, 1.82) is 0 Å². The first-order valence-corrected chi connectivity index (χ1v) is 9.94. The lowest BCUT2D eigenvalue weighted by Gasteiger charge is -2.10. The molecule has 3 rings (SSSR count). The molecular weight excluding hydrogens is 400 g/mol. The number of rotatable bonds is 8. The third kappa shape index (κ3) is 4.35. The molecule has 6 N–H and O–H groups in total. The lowest BCUT2D eigenvalue weighted by molar-refractivity contribution is 0.0955. The van der Waals surface area contributed by atoms with Crippen LogP contribution in [0.25, 0.3) is 28.3 Å². The summed E-state index contributed by atoms with van der Waals surface area (Å²) >= 11 is 0. The second kappa shape index (κ2) is 9.54. The van der Waals surface area contributed by atoms with Crippen LogP contribution in [0.5, 0.6) is 5.75 Å². The van der Waals surface area contributed by atoms with E-state index in [1.165, 1.54) is 19.1 Å². The third-order valence-corrected chi connectivity index (χ3v) is 4.96.